The predicted octanol–water partition coefficient (Wildman–Crippen LogP) is 6.09. The largest absolute Gasteiger partial charge is 0.497 e. The molecule has 0 bridgehead atoms. The Bertz CT molecular complexity index is 2000. The van der Waals surface area contributed by atoms with E-state index < -0.39 is 0 Å². The first-order chi connectivity index (χ1) is 19.4. The van der Waals surface area contributed by atoms with Crippen LogP contribution >= 0.6 is 24.4 Å². The first-order valence-corrected chi connectivity index (χ1v) is 13.1. The molecule has 8 nitrogen and oxygen atoms in total. The second kappa shape index (κ2) is 10.1. The molecule has 2 heterocycles. The van der Waals surface area contributed by atoms with E-state index in [1.54, 1.807) is 74.9 Å². The Morgan fingerprint density at radius 3 is 1.30 bits per heavy atom. The summed E-state index contributed by atoms with van der Waals surface area (Å²) >= 11 is 11.0. The zero-order valence-corrected chi connectivity index (χ0v) is 23.1. The van der Waals surface area contributed by atoms with Gasteiger partial charge in [0.1, 0.15) is 11.5 Å². The lowest BCUT2D eigenvalue weighted by Gasteiger charge is -2.11. The minimum atomic E-state index is -0.252. The summed E-state index contributed by atoms with van der Waals surface area (Å²) in [6, 6.07) is 25.2. The Morgan fingerprint density at radius 2 is 0.950 bits per heavy atom. The Kier molecular flexibility index (Phi) is 6.41. The number of benzene rings is 4. The quantitative estimate of drug-likeness (QED) is 0.245. The van der Waals surface area contributed by atoms with Crippen LogP contribution in [-0.4, -0.2) is 33.3 Å². The van der Waals surface area contributed by atoms with Gasteiger partial charge in [-0.05, 0) is 108 Å². The number of fused-ring (bicyclic) bond motifs is 2. The van der Waals surface area contributed by atoms with Crippen molar-refractivity contribution < 1.29 is 9.47 Å². The van der Waals surface area contributed by atoms with Crippen molar-refractivity contribution in [2.45, 2.75) is 0 Å². The van der Waals surface area contributed by atoms with E-state index in [1.165, 1.54) is 9.13 Å². The fourth-order valence-electron chi connectivity index (χ4n) is 4.72. The van der Waals surface area contributed by atoms with Crippen molar-refractivity contribution in [1.82, 2.24) is 19.1 Å². The summed E-state index contributed by atoms with van der Waals surface area (Å²) in [5, 5.41) is 0.926. The number of aromatic nitrogens is 4. The summed E-state index contributed by atoms with van der Waals surface area (Å²) in [5.41, 5.74) is 3.53. The Morgan fingerprint density at radius 1 is 0.575 bits per heavy atom. The van der Waals surface area contributed by atoms with Crippen molar-refractivity contribution in [3.05, 3.63) is 115 Å². The summed E-state index contributed by atoms with van der Waals surface area (Å²) < 4.78 is 13.9. The molecule has 0 saturated heterocycles. The minimum absolute atomic E-state index is 0.252. The lowest BCUT2D eigenvalue weighted by atomic mass is 10.0. The van der Waals surface area contributed by atoms with Crippen LogP contribution in [0.15, 0.2) is 94.5 Å². The van der Waals surface area contributed by atoms with Crippen LogP contribution in [0.4, 0.5) is 0 Å². The maximum atomic E-state index is 13.6. The van der Waals surface area contributed by atoms with Gasteiger partial charge >= 0.3 is 0 Å². The molecule has 0 atom stereocenters. The summed E-state index contributed by atoms with van der Waals surface area (Å²) in [4.78, 5) is 33.5. The van der Waals surface area contributed by atoms with Crippen molar-refractivity contribution in [1.29, 1.82) is 0 Å². The standard InChI is InChI=1S/C30H22N4O4S2/c1-37-21-9-5-19(6-10-21)33-27(35)23-15-17(3-13-25(23)31-29(33)39)18-4-14-26-24(16-18)28(36)34(30(40)32-26)20-7-11-22(38-2)12-8-20/h3-16H,1-2H3,(H,31,39)(H,32,40). The molecule has 10 heteroatoms. The van der Waals surface area contributed by atoms with Gasteiger partial charge in [0.25, 0.3) is 11.1 Å². The van der Waals surface area contributed by atoms with Gasteiger partial charge in [0.15, 0.2) is 9.54 Å². The van der Waals surface area contributed by atoms with E-state index >= 15 is 0 Å². The number of methoxy groups -OCH3 is 2. The molecule has 6 rings (SSSR count). The van der Waals surface area contributed by atoms with Crippen molar-refractivity contribution >= 4 is 46.2 Å². The average molecular weight is 567 g/mol. The Hall–Kier alpha value is -4.80. The van der Waals surface area contributed by atoms with Gasteiger partial charge in [0.05, 0.1) is 47.4 Å². The second-order valence-electron chi connectivity index (χ2n) is 9.06. The van der Waals surface area contributed by atoms with Gasteiger partial charge in [-0.25, -0.2) is 0 Å². The van der Waals surface area contributed by atoms with Crippen LogP contribution in [0.5, 0.6) is 11.5 Å². The molecule has 2 aromatic heterocycles. The van der Waals surface area contributed by atoms with E-state index in [1.807, 2.05) is 24.3 Å². The average Bonchev–Trinajstić information content (AvgIpc) is 2.97. The lowest BCUT2D eigenvalue weighted by Crippen LogP contribution is -2.20. The van der Waals surface area contributed by atoms with Crippen molar-refractivity contribution in [3.63, 3.8) is 0 Å². The molecule has 198 valence electrons. The SMILES string of the molecule is COc1ccc(-n2c(=S)[nH]c3ccc(-c4ccc5[nH]c(=S)n(-c6ccc(OC)cc6)c(=O)c5c4)cc3c2=O)cc1. The van der Waals surface area contributed by atoms with Gasteiger partial charge in [0.2, 0.25) is 0 Å². The highest BCUT2D eigenvalue weighted by Crippen LogP contribution is 2.26. The van der Waals surface area contributed by atoms with Gasteiger partial charge in [-0.1, -0.05) is 12.1 Å². The van der Waals surface area contributed by atoms with E-state index in [4.69, 9.17) is 33.9 Å². The first-order valence-electron chi connectivity index (χ1n) is 12.3. The number of ether oxygens (including phenoxy) is 2. The van der Waals surface area contributed by atoms with Crippen LogP contribution in [0.1, 0.15) is 0 Å². The van der Waals surface area contributed by atoms with Gasteiger partial charge in [-0.15, -0.1) is 0 Å². The maximum absolute atomic E-state index is 13.6. The van der Waals surface area contributed by atoms with E-state index in [-0.39, 0.29) is 20.7 Å². The van der Waals surface area contributed by atoms with E-state index in [0.717, 1.165) is 11.1 Å². The number of nitrogens with one attached hydrogen (secondary N) is 2. The van der Waals surface area contributed by atoms with Crippen LogP contribution < -0.4 is 20.6 Å². The molecule has 0 aliphatic rings. The lowest BCUT2D eigenvalue weighted by molar-refractivity contribution is 0.414. The number of rotatable bonds is 5. The first kappa shape index (κ1) is 25.5. The molecule has 2 N–H and O–H groups in total. The van der Waals surface area contributed by atoms with Gasteiger partial charge in [-0.2, -0.15) is 0 Å². The van der Waals surface area contributed by atoms with Crippen LogP contribution in [0.3, 0.4) is 0 Å². The molecule has 6 aromatic rings. The van der Waals surface area contributed by atoms with Crippen molar-refractivity contribution in [3.8, 4) is 34.0 Å². The minimum Gasteiger partial charge on any atom is -0.497 e. The van der Waals surface area contributed by atoms with Crippen LogP contribution in [0, 0.1) is 9.54 Å². The number of H-pyrrole nitrogens is 2. The Labute approximate surface area is 237 Å². The molecule has 0 amide bonds. The molecule has 4 aromatic carbocycles. The molecule has 0 aliphatic carbocycles. The van der Waals surface area contributed by atoms with Gasteiger partial charge in [0, 0.05) is 0 Å². The smallest absolute Gasteiger partial charge is 0.266 e. The molecular formula is C30H22N4O4S2. The number of aromatic amines is 2. The van der Waals surface area contributed by atoms with Gasteiger partial charge < -0.3 is 19.4 Å². The zero-order valence-electron chi connectivity index (χ0n) is 21.4. The fourth-order valence-corrected chi connectivity index (χ4v) is 5.32. The summed E-state index contributed by atoms with van der Waals surface area (Å²) in [6.45, 7) is 0. The van der Waals surface area contributed by atoms with E-state index in [2.05, 4.69) is 9.97 Å². The third-order valence-corrected chi connectivity index (χ3v) is 7.36. The third-order valence-electron chi connectivity index (χ3n) is 6.79. The molecule has 0 spiro atoms. The van der Waals surface area contributed by atoms with Crippen molar-refractivity contribution in [2.24, 2.45) is 0 Å². The zero-order chi connectivity index (χ0) is 28.0. The molecule has 40 heavy (non-hydrogen) atoms. The fraction of sp³-hybridized carbons (Fsp3) is 0.0667. The molecule has 0 radical (unpaired) electrons. The molecule has 0 unspecified atom stereocenters. The van der Waals surface area contributed by atoms with Crippen molar-refractivity contribution in [2.75, 3.05) is 14.2 Å². The van der Waals surface area contributed by atoms with Crippen LogP contribution in [-0.2, 0) is 0 Å². The highest BCUT2D eigenvalue weighted by Gasteiger charge is 2.12. The topological polar surface area (TPSA) is 94.0 Å². The van der Waals surface area contributed by atoms with Crippen LogP contribution in [0.2, 0.25) is 0 Å². The number of nitrogens with zero attached hydrogens (tertiary/aromatic N) is 2. The van der Waals surface area contributed by atoms with E-state index in [0.29, 0.717) is 44.7 Å². The van der Waals surface area contributed by atoms with Crippen LogP contribution in [0.25, 0.3) is 44.3 Å². The second-order valence-corrected chi connectivity index (χ2v) is 9.83. The highest BCUT2D eigenvalue weighted by atomic mass is 32.1. The highest BCUT2D eigenvalue weighted by molar-refractivity contribution is 7.71. The molecule has 0 fully saturated rings. The number of hydrogen-bond acceptors (Lipinski definition) is 6. The Balaban J connectivity index is 1.50. The summed E-state index contributed by atoms with van der Waals surface area (Å²) in [6.07, 6.45) is 0. The number of hydrogen-bond donors (Lipinski definition) is 2. The predicted molar refractivity (Wildman–Crippen MR) is 162 cm³/mol. The third kappa shape index (κ3) is 4.33. The summed E-state index contributed by atoms with van der Waals surface area (Å²) in [7, 11) is 3.17. The van der Waals surface area contributed by atoms with E-state index in [9.17, 15) is 9.59 Å². The van der Waals surface area contributed by atoms with Gasteiger partial charge in [-0.3, -0.25) is 18.7 Å². The molecular weight excluding hydrogens is 544 g/mol. The normalized spacial score (nSPS) is 11.2. The molecule has 0 saturated carbocycles. The monoisotopic (exact) mass is 566 g/mol. The molecule has 0 aliphatic heterocycles. The maximum Gasteiger partial charge on any atom is 0.266 e. The summed E-state index contributed by atoms with van der Waals surface area (Å²) in [5.74, 6) is 1.36.